The number of anilines is 1. The number of thioether (sulfide) groups is 1. The van der Waals surface area contributed by atoms with E-state index in [0.717, 1.165) is 13.1 Å². The van der Waals surface area contributed by atoms with Crippen molar-refractivity contribution in [3.63, 3.8) is 0 Å². The van der Waals surface area contributed by atoms with Gasteiger partial charge in [0.25, 0.3) is 5.01 Å². The average molecular weight is 629 g/mol. The van der Waals surface area contributed by atoms with Crippen LogP contribution >= 0.6 is 23.1 Å². The first kappa shape index (κ1) is 26.4. The molecular weight excluding hydrogens is 595 g/mol. The molecule has 0 atom stereocenters. The van der Waals surface area contributed by atoms with Crippen molar-refractivity contribution in [3.8, 4) is 0 Å². The van der Waals surface area contributed by atoms with E-state index in [1.807, 2.05) is 23.1 Å². The summed E-state index contributed by atoms with van der Waals surface area (Å²) in [4.78, 5) is 3.89. The van der Waals surface area contributed by atoms with Crippen LogP contribution in [0.1, 0.15) is 18.4 Å². The quantitative estimate of drug-likeness (QED) is 0.150. The zero-order valence-corrected chi connectivity index (χ0v) is 25.7. The van der Waals surface area contributed by atoms with Gasteiger partial charge >= 0.3 is 0 Å². The van der Waals surface area contributed by atoms with Crippen LogP contribution in [0.25, 0.3) is 27.1 Å². The fourth-order valence-electron chi connectivity index (χ4n) is 4.70. The predicted octanol–water partition coefficient (Wildman–Crippen LogP) is 5.56. The Kier molecular flexibility index (Phi) is 8.46. The minimum Gasteiger partial charge on any atom is -1.00 e. The molecule has 6 heteroatoms. The van der Waals surface area contributed by atoms with Crippen LogP contribution in [-0.4, -0.2) is 14.6 Å². The molecule has 35 heavy (non-hydrogen) atoms. The summed E-state index contributed by atoms with van der Waals surface area (Å²) in [5.41, 5.74) is 2.72. The highest BCUT2D eigenvalue weighted by atomic mass is 127. The molecule has 0 aliphatic carbocycles. The lowest BCUT2D eigenvalue weighted by Crippen LogP contribution is -3.00. The first-order valence-corrected chi connectivity index (χ1v) is 17.6. The molecule has 0 bridgehead atoms. The molecule has 0 amide bonds. The molecule has 0 spiro atoms. The summed E-state index contributed by atoms with van der Waals surface area (Å²) in [7, 11) is -1.03. The molecule has 4 aromatic rings. The second kappa shape index (κ2) is 11.2. The number of nitrogens with zero attached hydrogens (tertiary/aromatic N) is 2. The minimum absolute atomic E-state index is 0. The van der Waals surface area contributed by atoms with Crippen molar-refractivity contribution in [1.29, 1.82) is 0 Å². The number of thiazole rings is 1. The van der Waals surface area contributed by atoms with E-state index in [1.54, 1.807) is 0 Å². The van der Waals surface area contributed by atoms with Gasteiger partial charge in [-0.15, -0.1) is 0 Å². The molecule has 182 valence electrons. The summed E-state index contributed by atoms with van der Waals surface area (Å²) >= 11 is 3.78. The number of rotatable bonds is 7. The summed E-state index contributed by atoms with van der Waals surface area (Å²) in [6, 6.07) is 23.4. The Bertz CT molecular complexity index is 1400. The fraction of sp³-hybridized carbons (Fsp3) is 0.276. The van der Waals surface area contributed by atoms with Crippen molar-refractivity contribution in [2.24, 2.45) is 0 Å². The van der Waals surface area contributed by atoms with Gasteiger partial charge in [-0.05, 0) is 49.1 Å². The molecular formula is C29H33IN2S2Si. The minimum atomic E-state index is -1.03. The van der Waals surface area contributed by atoms with E-state index in [4.69, 9.17) is 0 Å². The largest absolute Gasteiger partial charge is 1.00 e. The van der Waals surface area contributed by atoms with Crippen LogP contribution in [-0.2, 0) is 6.54 Å². The molecule has 1 aromatic heterocycles. The van der Waals surface area contributed by atoms with Gasteiger partial charge < -0.3 is 28.9 Å². The van der Waals surface area contributed by atoms with E-state index < -0.39 is 8.07 Å². The van der Waals surface area contributed by atoms with Crippen LogP contribution in [0.4, 0.5) is 5.69 Å². The van der Waals surface area contributed by atoms with Crippen LogP contribution < -0.4 is 33.4 Å². The van der Waals surface area contributed by atoms with Crippen LogP contribution in [0, 0.1) is 0 Å². The Morgan fingerprint density at radius 3 is 2.54 bits per heavy atom. The van der Waals surface area contributed by atoms with Gasteiger partial charge in [0.1, 0.15) is 11.2 Å². The third-order valence-corrected chi connectivity index (χ3v) is 10.5. The molecule has 0 N–H and O–H groups in total. The van der Waals surface area contributed by atoms with E-state index in [2.05, 4.69) is 115 Å². The van der Waals surface area contributed by atoms with Gasteiger partial charge in [0.2, 0.25) is 5.52 Å². The highest BCUT2D eigenvalue weighted by Gasteiger charge is 2.25. The van der Waals surface area contributed by atoms with E-state index in [1.165, 1.54) is 54.1 Å². The third-order valence-electron chi connectivity index (χ3n) is 6.35. The third kappa shape index (κ3) is 5.71. The lowest BCUT2D eigenvalue weighted by molar-refractivity contribution is -0.664. The molecule has 0 radical (unpaired) electrons. The summed E-state index contributed by atoms with van der Waals surface area (Å²) in [6.45, 7) is 11.7. The number of aryl methyl sites for hydroxylation is 1. The maximum Gasteiger partial charge on any atom is 0.262 e. The Morgan fingerprint density at radius 2 is 1.74 bits per heavy atom. The summed E-state index contributed by atoms with van der Waals surface area (Å²) in [6.07, 6.45) is 8.10. The number of para-hydroxylation sites is 1. The molecule has 0 unspecified atom stereocenters. The molecule has 0 saturated heterocycles. The highest BCUT2D eigenvalue weighted by Crippen LogP contribution is 2.46. The zero-order valence-electron chi connectivity index (χ0n) is 20.9. The summed E-state index contributed by atoms with van der Waals surface area (Å²) in [5, 5.41) is 5.28. The number of aromatic nitrogens is 1. The zero-order chi connectivity index (χ0) is 23.7. The van der Waals surface area contributed by atoms with E-state index in [0.29, 0.717) is 0 Å². The number of fused-ring (bicyclic) bond motifs is 4. The number of halogens is 1. The van der Waals surface area contributed by atoms with Gasteiger partial charge in [-0.3, -0.25) is 0 Å². The van der Waals surface area contributed by atoms with Gasteiger partial charge in [0.15, 0.2) is 0 Å². The van der Waals surface area contributed by atoms with Crippen LogP contribution in [0.2, 0.25) is 25.7 Å². The standard InChI is InChI=1S/C29H33N2S2Si.HI/c1-5-30-27(33-26-19-18-22-12-6-7-13-23(22)29(26)30)16-10-17-28-31(20-11-21-34(2,3)4)24-14-8-9-15-25(24)32-28;/h6-10,12-19H,5,11,20-21H2,1-4H3;1H/q+1;/p-1. The lowest BCUT2D eigenvalue weighted by atomic mass is 10.1. The maximum atomic E-state index is 2.52. The van der Waals surface area contributed by atoms with Gasteiger partial charge in [-0.25, -0.2) is 0 Å². The molecule has 1 aliphatic heterocycles. The predicted molar refractivity (Wildman–Crippen MR) is 155 cm³/mol. The molecule has 0 fully saturated rings. The number of benzene rings is 3. The van der Waals surface area contributed by atoms with Crippen LogP contribution in [0.3, 0.4) is 0 Å². The fourth-order valence-corrected chi connectivity index (χ4v) is 8.17. The van der Waals surface area contributed by atoms with Crippen molar-refractivity contribution in [2.45, 2.75) is 50.5 Å². The number of allylic oxidation sites excluding steroid dienone is 2. The lowest BCUT2D eigenvalue weighted by Gasteiger charge is -2.22. The Labute approximate surface area is 235 Å². The summed E-state index contributed by atoms with van der Waals surface area (Å²) < 4.78 is 3.81. The topological polar surface area (TPSA) is 7.12 Å². The molecule has 5 rings (SSSR count). The Morgan fingerprint density at radius 1 is 0.971 bits per heavy atom. The molecule has 0 saturated carbocycles. The molecule has 3 aromatic carbocycles. The Hall–Kier alpha value is -1.61. The van der Waals surface area contributed by atoms with Gasteiger partial charge in [-0.2, -0.15) is 4.57 Å². The monoisotopic (exact) mass is 628 g/mol. The SMILES string of the molecule is CC[n+]1c(C=CC=C2Sc3ccccc3N2CCC[Si](C)(C)C)sc2ccc3ccccc3c21.[I-]. The molecule has 2 nitrogen and oxygen atoms in total. The highest BCUT2D eigenvalue weighted by molar-refractivity contribution is 8.03. The van der Waals surface area contributed by atoms with E-state index in [9.17, 15) is 0 Å². The molecule has 2 heterocycles. The molecule has 1 aliphatic rings. The van der Waals surface area contributed by atoms with Gasteiger partial charge in [0.05, 0.1) is 16.1 Å². The van der Waals surface area contributed by atoms with Gasteiger partial charge in [-0.1, -0.05) is 91.3 Å². The van der Waals surface area contributed by atoms with Crippen molar-refractivity contribution < 1.29 is 28.5 Å². The van der Waals surface area contributed by atoms with Crippen molar-refractivity contribution in [3.05, 3.63) is 82.9 Å². The van der Waals surface area contributed by atoms with Crippen molar-refractivity contribution >= 4 is 63.9 Å². The first-order valence-electron chi connectivity index (χ1n) is 12.2. The maximum absolute atomic E-state index is 2.52. The van der Waals surface area contributed by atoms with Crippen molar-refractivity contribution in [1.82, 2.24) is 0 Å². The Balaban J connectivity index is 0.00000289. The van der Waals surface area contributed by atoms with Crippen LogP contribution in [0.15, 0.2) is 82.7 Å². The van der Waals surface area contributed by atoms with Crippen molar-refractivity contribution in [2.75, 3.05) is 11.4 Å². The second-order valence-corrected chi connectivity index (χ2v) is 17.8. The normalized spacial score (nSPS) is 14.9. The van der Waals surface area contributed by atoms with Crippen LogP contribution in [0.5, 0.6) is 0 Å². The van der Waals surface area contributed by atoms with Gasteiger partial charge in [0, 0.05) is 25.6 Å². The second-order valence-electron chi connectivity index (χ2n) is 10.1. The van der Waals surface area contributed by atoms with E-state index in [-0.39, 0.29) is 24.0 Å². The van der Waals surface area contributed by atoms with E-state index >= 15 is 0 Å². The first-order chi connectivity index (χ1) is 16.4. The summed E-state index contributed by atoms with van der Waals surface area (Å²) in [5.74, 6) is 0. The number of hydrogen-bond acceptors (Lipinski definition) is 3. The smallest absolute Gasteiger partial charge is 0.262 e. The average Bonchev–Trinajstić information content (AvgIpc) is 3.36. The number of hydrogen-bond donors (Lipinski definition) is 0.